The number of H-pyrrole nitrogens is 1. The molecular weight excluding hydrogens is 152 g/mol. The molecule has 2 aromatic rings. The van der Waals surface area contributed by atoms with Crippen LogP contribution in [-0.2, 0) is 0 Å². The number of benzene rings is 1. The first-order valence-electron chi connectivity index (χ1n) is 3.59. The standard InChI is InChI=1S/C8H7N4/c1-6-4-2-3-5-7(6)8-9-11-12-10-8/h2-3,5H,1H3,(H,9,10,11,12). The average molecular weight is 159 g/mol. The molecule has 0 saturated carbocycles. The van der Waals surface area contributed by atoms with Gasteiger partial charge >= 0.3 is 0 Å². The van der Waals surface area contributed by atoms with Crippen molar-refractivity contribution in [3.63, 3.8) is 0 Å². The molecule has 2 rings (SSSR count). The van der Waals surface area contributed by atoms with Gasteiger partial charge in [0.1, 0.15) is 0 Å². The summed E-state index contributed by atoms with van der Waals surface area (Å²) in [7, 11) is 0. The number of nitrogens with one attached hydrogen (secondary N) is 1. The second kappa shape index (κ2) is 2.73. The number of aromatic amines is 1. The summed E-state index contributed by atoms with van der Waals surface area (Å²) in [5.74, 6) is 0.615. The zero-order valence-corrected chi connectivity index (χ0v) is 6.57. The van der Waals surface area contributed by atoms with Crippen molar-refractivity contribution in [2.45, 2.75) is 6.92 Å². The van der Waals surface area contributed by atoms with E-state index in [1.807, 2.05) is 25.1 Å². The highest BCUT2D eigenvalue weighted by Gasteiger charge is 2.03. The van der Waals surface area contributed by atoms with E-state index in [0.29, 0.717) is 5.82 Å². The first kappa shape index (κ1) is 6.97. The van der Waals surface area contributed by atoms with Gasteiger partial charge in [0.15, 0.2) is 0 Å². The molecule has 0 saturated heterocycles. The molecule has 0 fully saturated rings. The topological polar surface area (TPSA) is 54.5 Å². The first-order valence-corrected chi connectivity index (χ1v) is 3.59. The van der Waals surface area contributed by atoms with Gasteiger partial charge in [-0.2, -0.15) is 5.21 Å². The number of aromatic nitrogens is 4. The van der Waals surface area contributed by atoms with Crippen molar-refractivity contribution in [1.29, 1.82) is 0 Å². The molecular formula is C8H7N4. The van der Waals surface area contributed by atoms with Crippen LogP contribution in [0.2, 0.25) is 0 Å². The van der Waals surface area contributed by atoms with Gasteiger partial charge in [-0.05, 0) is 23.8 Å². The summed E-state index contributed by atoms with van der Waals surface area (Å²) in [6.45, 7) is 1.96. The van der Waals surface area contributed by atoms with Gasteiger partial charge in [-0.25, -0.2) is 0 Å². The lowest BCUT2D eigenvalue weighted by molar-refractivity contribution is 0.881. The highest BCUT2D eigenvalue weighted by atomic mass is 15.5. The third-order valence-corrected chi connectivity index (χ3v) is 1.65. The van der Waals surface area contributed by atoms with Crippen LogP contribution >= 0.6 is 0 Å². The monoisotopic (exact) mass is 159 g/mol. The highest BCUT2D eigenvalue weighted by Crippen LogP contribution is 2.16. The number of nitrogens with zero attached hydrogens (tertiary/aromatic N) is 3. The molecule has 0 spiro atoms. The van der Waals surface area contributed by atoms with Crippen LogP contribution in [0.15, 0.2) is 18.2 Å². The first-order chi connectivity index (χ1) is 5.88. The average Bonchev–Trinajstić information content (AvgIpc) is 2.57. The fraction of sp³-hybridized carbons (Fsp3) is 0.125. The molecule has 0 amide bonds. The molecule has 4 nitrogen and oxygen atoms in total. The van der Waals surface area contributed by atoms with E-state index in [-0.39, 0.29) is 0 Å². The molecule has 1 aromatic carbocycles. The summed E-state index contributed by atoms with van der Waals surface area (Å²) < 4.78 is 0. The van der Waals surface area contributed by atoms with E-state index in [9.17, 15) is 0 Å². The number of hydrogen-bond acceptors (Lipinski definition) is 3. The highest BCUT2D eigenvalue weighted by molar-refractivity contribution is 5.58. The fourth-order valence-electron chi connectivity index (χ4n) is 1.04. The second-order valence-corrected chi connectivity index (χ2v) is 2.44. The Morgan fingerprint density at radius 2 is 2.42 bits per heavy atom. The van der Waals surface area contributed by atoms with E-state index in [0.717, 1.165) is 11.1 Å². The maximum atomic E-state index is 3.88. The number of tetrazole rings is 1. The minimum absolute atomic E-state index is 0.615. The Labute approximate surface area is 69.6 Å². The second-order valence-electron chi connectivity index (χ2n) is 2.44. The number of rotatable bonds is 1. The molecule has 0 aliphatic carbocycles. The van der Waals surface area contributed by atoms with Crippen LogP contribution in [0, 0.1) is 13.0 Å². The molecule has 0 bridgehead atoms. The van der Waals surface area contributed by atoms with Crippen LogP contribution in [0.5, 0.6) is 0 Å². The van der Waals surface area contributed by atoms with Gasteiger partial charge in [-0.3, -0.25) is 0 Å². The number of aryl methyl sites for hydroxylation is 1. The van der Waals surface area contributed by atoms with Crippen LogP contribution < -0.4 is 0 Å². The van der Waals surface area contributed by atoms with Gasteiger partial charge in [0, 0.05) is 5.56 Å². The summed E-state index contributed by atoms with van der Waals surface area (Å²) in [5, 5.41) is 13.7. The molecule has 1 heterocycles. The SMILES string of the molecule is Cc1[c]cccc1-c1nn[nH]n1. The van der Waals surface area contributed by atoms with Gasteiger partial charge in [0.25, 0.3) is 0 Å². The fourth-order valence-corrected chi connectivity index (χ4v) is 1.04. The van der Waals surface area contributed by atoms with Crippen molar-refractivity contribution >= 4 is 0 Å². The lowest BCUT2D eigenvalue weighted by Crippen LogP contribution is -1.84. The Morgan fingerprint density at radius 3 is 3.08 bits per heavy atom. The molecule has 0 unspecified atom stereocenters. The Kier molecular flexibility index (Phi) is 1.59. The predicted octanol–water partition coefficient (Wildman–Crippen LogP) is 0.975. The van der Waals surface area contributed by atoms with Crippen molar-refractivity contribution in [3.8, 4) is 11.4 Å². The van der Waals surface area contributed by atoms with Crippen molar-refractivity contribution in [2.75, 3.05) is 0 Å². The molecule has 59 valence electrons. The van der Waals surface area contributed by atoms with E-state index < -0.39 is 0 Å². The van der Waals surface area contributed by atoms with Crippen LogP contribution in [-0.4, -0.2) is 20.6 Å². The molecule has 0 aliphatic heterocycles. The zero-order valence-electron chi connectivity index (χ0n) is 6.57. The third kappa shape index (κ3) is 1.07. The van der Waals surface area contributed by atoms with Gasteiger partial charge in [-0.1, -0.05) is 18.2 Å². The van der Waals surface area contributed by atoms with E-state index in [1.54, 1.807) is 0 Å². The van der Waals surface area contributed by atoms with E-state index >= 15 is 0 Å². The van der Waals surface area contributed by atoms with Crippen LogP contribution in [0.3, 0.4) is 0 Å². The van der Waals surface area contributed by atoms with Gasteiger partial charge in [-0.15, -0.1) is 10.2 Å². The normalized spacial score (nSPS) is 10.1. The molecule has 12 heavy (non-hydrogen) atoms. The van der Waals surface area contributed by atoms with Crippen molar-refractivity contribution < 1.29 is 0 Å². The van der Waals surface area contributed by atoms with Gasteiger partial charge < -0.3 is 0 Å². The molecule has 0 atom stereocenters. The minimum atomic E-state index is 0.615. The molecule has 1 radical (unpaired) electrons. The molecule has 1 N–H and O–H groups in total. The molecule has 1 aromatic heterocycles. The number of hydrogen-bond donors (Lipinski definition) is 1. The Bertz CT molecular complexity index is 366. The van der Waals surface area contributed by atoms with Crippen LogP contribution in [0.1, 0.15) is 5.56 Å². The summed E-state index contributed by atoms with van der Waals surface area (Å²) in [4.78, 5) is 0. The maximum Gasteiger partial charge on any atom is 0.204 e. The molecule has 4 heteroatoms. The lowest BCUT2D eigenvalue weighted by atomic mass is 10.1. The van der Waals surface area contributed by atoms with Crippen LogP contribution in [0.25, 0.3) is 11.4 Å². The van der Waals surface area contributed by atoms with Crippen molar-refractivity contribution in [2.24, 2.45) is 0 Å². The van der Waals surface area contributed by atoms with Crippen molar-refractivity contribution in [3.05, 3.63) is 29.8 Å². The quantitative estimate of drug-likeness (QED) is 0.674. The summed E-state index contributed by atoms with van der Waals surface area (Å²) in [6, 6.07) is 8.77. The lowest BCUT2D eigenvalue weighted by Gasteiger charge is -1.96. The Balaban J connectivity index is 2.55. The predicted molar refractivity (Wildman–Crippen MR) is 43.2 cm³/mol. The Hall–Kier alpha value is -1.71. The van der Waals surface area contributed by atoms with E-state index in [1.165, 1.54) is 0 Å². The summed E-state index contributed by atoms with van der Waals surface area (Å²) in [6.07, 6.45) is 0. The maximum absolute atomic E-state index is 3.88. The third-order valence-electron chi connectivity index (χ3n) is 1.65. The minimum Gasteiger partial charge on any atom is -0.177 e. The summed E-state index contributed by atoms with van der Waals surface area (Å²) in [5.41, 5.74) is 1.99. The van der Waals surface area contributed by atoms with Crippen molar-refractivity contribution in [1.82, 2.24) is 20.6 Å². The van der Waals surface area contributed by atoms with E-state index in [4.69, 9.17) is 0 Å². The summed E-state index contributed by atoms with van der Waals surface area (Å²) >= 11 is 0. The Morgan fingerprint density at radius 1 is 1.50 bits per heavy atom. The smallest absolute Gasteiger partial charge is 0.177 e. The van der Waals surface area contributed by atoms with E-state index in [2.05, 4.69) is 26.7 Å². The molecule has 0 aliphatic rings. The largest absolute Gasteiger partial charge is 0.204 e. The van der Waals surface area contributed by atoms with Crippen LogP contribution in [0.4, 0.5) is 0 Å². The van der Waals surface area contributed by atoms with Gasteiger partial charge in [0.2, 0.25) is 5.82 Å². The van der Waals surface area contributed by atoms with Gasteiger partial charge in [0.05, 0.1) is 0 Å². The zero-order chi connectivity index (χ0) is 8.39.